The smallest absolute Gasteiger partial charge is 0.503 e. The Morgan fingerprint density at radius 2 is 0.526 bits per heavy atom. The van der Waals surface area contributed by atoms with Gasteiger partial charge in [-0.3, -0.25) is 0 Å². The predicted molar refractivity (Wildman–Crippen MR) is 93.3 cm³/mol. The van der Waals surface area contributed by atoms with Gasteiger partial charge in [-0.2, -0.15) is 57.3 Å². The van der Waals surface area contributed by atoms with Crippen LogP contribution in [0, 0.1) is 69.8 Å². The Hall–Kier alpha value is -4.15. The van der Waals surface area contributed by atoms with Crippen molar-refractivity contribution in [3.63, 3.8) is 0 Å². The lowest BCUT2D eigenvalue weighted by Crippen LogP contribution is -2.15. The number of rotatable bonds is 6. The monoisotopic (exact) mass is 590 g/mol. The van der Waals surface area contributed by atoms with Crippen molar-refractivity contribution in [3.8, 4) is 34.5 Å². The van der Waals surface area contributed by atoms with Crippen molar-refractivity contribution in [2.45, 2.75) is 0 Å². The Kier molecular flexibility index (Phi) is 7.20. The quantitative estimate of drug-likeness (QED) is 0.181. The van der Waals surface area contributed by atoms with Crippen LogP contribution in [0.5, 0.6) is 34.5 Å². The molecule has 3 aromatic carbocycles. The van der Waals surface area contributed by atoms with E-state index in [0.717, 1.165) is 0 Å². The van der Waals surface area contributed by atoms with Gasteiger partial charge in [0.1, 0.15) is 0 Å². The average molecular weight is 590 g/mol. The van der Waals surface area contributed by atoms with Gasteiger partial charge in [-0.15, -0.1) is 0 Å². The number of phenols is 3. The molecule has 3 N–H and O–H groups in total. The minimum Gasteiger partial charge on any atom is -0.503 e. The second-order valence-corrected chi connectivity index (χ2v) is 7.96. The predicted octanol–water partition coefficient (Wildman–Crippen LogP) is 6.12. The number of hydrogen-bond acceptors (Lipinski definition) is 7. The van der Waals surface area contributed by atoms with E-state index >= 15 is 0 Å². The Bertz CT molecular complexity index is 1280. The van der Waals surface area contributed by atoms with Crippen LogP contribution in [0.4, 0.5) is 52.7 Å². The fourth-order valence-electron chi connectivity index (χ4n) is 2.43. The molecule has 0 amide bonds. The Labute approximate surface area is 199 Å². The Morgan fingerprint density at radius 3 is 0.684 bits per heavy atom. The van der Waals surface area contributed by atoms with E-state index in [0.29, 0.717) is 0 Å². The van der Waals surface area contributed by atoms with Crippen molar-refractivity contribution in [3.05, 3.63) is 69.8 Å². The number of hydrogen-bond donors (Lipinski definition) is 3. The molecule has 0 fully saturated rings. The Morgan fingerprint density at radius 1 is 0.368 bits per heavy atom. The largest absolute Gasteiger partial charge is 0.647 e. The lowest BCUT2D eigenvalue weighted by atomic mass is 10.2. The zero-order chi connectivity index (χ0) is 29.0. The van der Waals surface area contributed by atoms with E-state index in [9.17, 15) is 57.3 Å². The first-order valence-electron chi connectivity index (χ1n) is 8.78. The van der Waals surface area contributed by atoms with Crippen LogP contribution in [0.2, 0.25) is 0 Å². The second-order valence-electron chi connectivity index (χ2n) is 6.52. The van der Waals surface area contributed by atoms with Crippen LogP contribution >= 0.6 is 7.82 Å². The minimum absolute atomic E-state index is 2.37. The highest BCUT2D eigenvalue weighted by Crippen LogP contribution is 2.54. The first kappa shape index (κ1) is 28.4. The summed E-state index contributed by atoms with van der Waals surface area (Å²) in [6, 6.07) is 0. The molecule has 0 aliphatic heterocycles. The molecule has 0 spiro atoms. The summed E-state index contributed by atoms with van der Waals surface area (Å²) in [4.78, 5) is 0. The summed E-state index contributed by atoms with van der Waals surface area (Å²) >= 11 is 0. The van der Waals surface area contributed by atoms with Gasteiger partial charge in [0.15, 0.2) is 17.2 Å². The van der Waals surface area contributed by atoms with Crippen LogP contribution in [0.15, 0.2) is 0 Å². The molecular weight excluding hydrogens is 587 g/mol. The third-order valence-corrected chi connectivity index (χ3v) is 5.43. The first-order valence-corrected chi connectivity index (χ1v) is 10.2. The number of benzene rings is 3. The summed E-state index contributed by atoms with van der Waals surface area (Å²) in [6.45, 7) is 0. The van der Waals surface area contributed by atoms with Gasteiger partial charge in [0, 0.05) is 0 Å². The molecule has 0 saturated heterocycles. The molecular formula is C18H3F12O7P. The third kappa shape index (κ3) is 4.42. The normalized spacial score (nSPS) is 11.6. The van der Waals surface area contributed by atoms with Crippen molar-refractivity contribution in [1.29, 1.82) is 0 Å². The molecule has 0 heterocycles. The topological polar surface area (TPSA) is 105 Å². The first-order chi connectivity index (χ1) is 17.4. The molecule has 3 rings (SSSR count). The van der Waals surface area contributed by atoms with Gasteiger partial charge < -0.3 is 28.9 Å². The van der Waals surface area contributed by atoms with Gasteiger partial charge in [-0.05, 0) is 0 Å². The summed E-state index contributed by atoms with van der Waals surface area (Å²) in [5.41, 5.74) is 0. The van der Waals surface area contributed by atoms with Crippen LogP contribution in [0.3, 0.4) is 0 Å². The number of phosphoric acid groups is 1. The molecule has 0 bridgehead atoms. The highest BCUT2D eigenvalue weighted by Gasteiger charge is 2.44. The maximum Gasteiger partial charge on any atom is 0.647 e. The number of halogens is 12. The highest BCUT2D eigenvalue weighted by molar-refractivity contribution is 7.49. The fourth-order valence-corrected chi connectivity index (χ4v) is 3.70. The van der Waals surface area contributed by atoms with Gasteiger partial charge in [0.05, 0.1) is 0 Å². The van der Waals surface area contributed by atoms with Crippen molar-refractivity contribution >= 4 is 7.82 Å². The van der Waals surface area contributed by atoms with Gasteiger partial charge in [0.2, 0.25) is 87.1 Å². The maximum absolute atomic E-state index is 14.1. The van der Waals surface area contributed by atoms with E-state index in [1.807, 2.05) is 0 Å². The lowest BCUT2D eigenvalue weighted by molar-refractivity contribution is 0.249. The van der Waals surface area contributed by atoms with E-state index in [2.05, 4.69) is 13.6 Å². The molecule has 0 unspecified atom stereocenters. The third-order valence-electron chi connectivity index (χ3n) is 4.21. The van der Waals surface area contributed by atoms with Crippen LogP contribution in [0.1, 0.15) is 0 Å². The molecule has 0 aliphatic rings. The van der Waals surface area contributed by atoms with Gasteiger partial charge >= 0.3 is 7.82 Å². The number of phenolic OH excluding ortho intramolecular Hbond substituents is 3. The minimum atomic E-state index is -6.90. The number of phosphoric ester groups is 1. The molecule has 0 atom stereocenters. The summed E-state index contributed by atoms with van der Waals surface area (Å²) in [6.07, 6.45) is 0. The molecule has 3 aromatic rings. The van der Waals surface area contributed by atoms with Crippen LogP contribution in [-0.4, -0.2) is 15.3 Å². The van der Waals surface area contributed by atoms with Crippen molar-refractivity contribution in [2.24, 2.45) is 0 Å². The second kappa shape index (κ2) is 9.62. The standard InChI is InChI=1S/C18H3F12O7P/c19-1-7(25)16(8(26)2(20)13(1)31)35-38(34,36-17-9(27)3(21)14(32)4(22)10(17)28)37-18-11(29)5(23)15(33)6(24)12(18)30/h31-33H. The van der Waals surface area contributed by atoms with E-state index in [4.69, 9.17) is 15.3 Å². The van der Waals surface area contributed by atoms with Crippen LogP contribution in [-0.2, 0) is 4.57 Å². The summed E-state index contributed by atoms with van der Waals surface area (Å²) in [7, 11) is -6.90. The maximum atomic E-state index is 14.1. The Balaban J connectivity index is 2.31. The summed E-state index contributed by atoms with van der Waals surface area (Å²) in [5.74, 6) is -48.5. The molecule has 0 saturated carbocycles. The molecule has 7 nitrogen and oxygen atoms in total. The molecule has 206 valence electrons. The molecule has 0 aliphatic carbocycles. The van der Waals surface area contributed by atoms with Crippen LogP contribution in [0.25, 0.3) is 0 Å². The molecule has 0 radical (unpaired) electrons. The summed E-state index contributed by atoms with van der Waals surface area (Å²) in [5, 5.41) is 26.9. The van der Waals surface area contributed by atoms with Crippen LogP contribution < -0.4 is 13.6 Å². The van der Waals surface area contributed by atoms with Crippen molar-refractivity contribution in [2.75, 3.05) is 0 Å². The van der Waals surface area contributed by atoms with Gasteiger partial charge in [0.25, 0.3) is 0 Å². The van der Waals surface area contributed by atoms with E-state index in [-0.39, 0.29) is 0 Å². The number of aromatic hydroxyl groups is 3. The zero-order valence-corrected chi connectivity index (χ0v) is 17.9. The summed E-state index contributed by atoms with van der Waals surface area (Å²) < 4.78 is 191. The highest BCUT2D eigenvalue weighted by atomic mass is 31.2. The van der Waals surface area contributed by atoms with E-state index in [1.54, 1.807) is 0 Å². The van der Waals surface area contributed by atoms with Crippen molar-refractivity contribution in [1.82, 2.24) is 0 Å². The van der Waals surface area contributed by atoms with E-state index in [1.165, 1.54) is 0 Å². The van der Waals surface area contributed by atoms with Gasteiger partial charge in [-0.1, -0.05) is 0 Å². The molecule has 38 heavy (non-hydrogen) atoms. The lowest BCUT2D eigenvalue weighted by Gasteiger charge is -2.21. The fraction of sp³-hybridized carbons (Fsp3) is 0. The molecule has 0 aromatic heterocycles. The van der Waals surface area contributed by atoms with Crippen molar-refractivity contribution < 1.29 is 86.1 Å². The molecule has 20 heteroatoms. The average Bonchev–Trinajstić information content (AvgIpc) is 2.89. The van der Waals surface area contributed by atoms with Gasteiger partial charge in [-0.25, -0.2) is 0 Å². The SMILES string of the molecule is O=P(Oc1c(F)c(F)c(O)c(F)c1F)(Oc1c(F)c(F)c(O)c(F)c1F)Oc1c(F)c(F)c(O)c(F)c1F. The van der Waals surface area contributed by atoms with E-state index < -0.39 is 112 Å². The zero-order valence-electron chi connectivity index (χ0n) is 17.0.